The second-order valence-corrected chi connectivity index (χ2v) is 1.89. The van der Waals surface area contributed by atoms with Crippen molar-refractivity contribution in [2.75, 3.05) is 0 Å². The van der Waals surface area contributed by atoms with E-state index in [9.17, 15) is 9.59 Å². The van der Waals surface area contributed by atoms with E-state index in [1.807, 2.05) is 6.92 Å². The van der Waals surface area contributed by atoms with Crippen LogP contribution in [0.4, 0.5) is 0 Å². The van der Waals surface area contributed by atoms with Gasteiger partial charge in [-0.1, -0.05) is 6.92 Å². The standard InChI is InChI=1S/C7H10O3/c1-2-3-6(8)4-5-7(9)10/h4-5H,2-3H2,1H3,(H,9,10)/b5-4+. The molecule has 0 radical (unpaired) electrons. The Bertz CT molecular complexity index is 158. The van der Waals surface area contributed by atoms with Crippen molar-refractivity contribution in [3.05, 3.63) is 12.2 Å². The predicted octanol–water partition coefficient (Wildman–Crippen LogP) is 0.996. The number of carbonyl (C=O) groups excluding carboxylic acids is 1. The van der Waals surface area contributed by atoms with Crippen LogP contribution in [-0.2, 0) is 9.59 Å². The minimum atomic E-state index is -1.08. The first kappa shape index (κ1) is 8.88. The van der Waals surface area contributed by atoms with Crippen molar-refractivity contribution in [3.63, 3.8) is 0 Å². The van der Waals surface area contributed by atoms with E-state index in [0.717, 1.165) is 18.6 Å². The number of carboxylic acids is 1. The summed E-state index contributed by atoms with van der Waals surface area (Å²) in [5.41, 5.74) is 0. The fourth-order valence-corrected chi connectivity index (χ4v) is 0.494. The molecule has 0 heterocycles. The van der Waals surface area contributed by atoms with Gasteiger partial charge in [0.05, 0.1) is 0 Å². The molecular formula is C7H10O3. The van der Waals surface area contributed by atoms with Gasteiger partial charge in [0.2, 0.25) is 0 Å². The number of carboxylic acid groups (broad SMARTS) is 1. The van der Waals surface area contributed by atoms with Gasteiger partial charge in [0, 0.05) is 12.5 Å². The summed E-state index contributed by atoms with van der Waals surface area (Å²) >= 11 is 0. The zero-order valence-electron chi connectivity index (χ0n) is 5.83. The summed E-state index contributed by atoms with van der Waals surface area (Å²) in [4.78, 5) is 20.5. The number of hydrogen-bond acceptors (Lipinski definition) is 2. The van der Waals surface area contributed by atoms with Crippen molar-refractivity contribution in [1.29, 1.82) is 0 Å². The lowest BCUT2D eigenvalue weighted by molar-refractivity contribution is -0.131. The largest absolute Gasteiger partial charge is 0.478 e. The van der Waals surface area contributed by atoms with Crippen molar-refractivity contribution < 1.29 is 14.7 Å². The Labute approximate surface area is 59.4 Å². The minimum Gasteiger partial charge on any atom is -0.478 e. The third-order valence-corrected chi connectivity index (χ3v) is 0.908. The number of aliphatic carboxylic acids is 1. The van der Waals surface area contributed by atoms with Crippen LogP contribution in [0.15, 0.2) is 12.2 Å². The quantitative estimate of drug-likeness (QED) is 0.595. The highest BCUT2D eigenvalue weighted by atomic mass is 16.4. The third-order valence-electron chi connectivity index (χ3n) is 0.908. The summed E-state index contributed by atoms with van der Waals surface area (Å²) in [6.07, 6.45) is 3.12. The molecule has 0 bridgehead atoms. The molecule has 0 spiro atoms. The van der Waals surface area contributed by atoms with E-state index in [1.165, 1.54) is 0 Å². The summed E-state index contributed by atoms with van der Waals surface area (Å²) in [6, 6.07) is 0. The lowest BCUT2D eigenvalue weighted by atomic mass is 10.2. The zero-order chi connectivity index (χ0) is 7.98. The Morgan fingerprint density at radius 1 is 1.40 bits per heavy atom. The van der Waals surface area contributed by atoms with Crippen molar-refractivity contribution in [1.82, 2.24) is 0 Å². The Hall–Kier alpha value is -1.12. The zero-order valence-corrected chi connectivity index (χ0v) is 5.83. The molecule has 0 aliphatic carbocycles. The highest BCUT2D eigenvalue weighted by Gasteiger charge is 1.93. The Kier molecular flexibility index (Phi) is 4.20. The van der Waals surface area contributed by atoms with E-state index in [-0.39, 0.29) is 5.78 Å². The normalized spacial score (nSPS) is 10.1. The van der Waals surface area contributed by atoms with Gasteiger partial charge in [0.25, 0.3) is 0 Å². The van der Waals surface area contributed by atoms with E-state index < -0.39 is 5.97 Å². The van der Waals surface area contributed by atoms with Gasteiger partial charge in [-0.15, -0.1) is 0 Å². The van der Waals surface area contributed by atoms with Gasteiger partial charge in [0.15, 0.2) is 5.78 Å². The maximum absolute atomic E-state index is 10.6. The SMILES string of the molecule is CCCC(=O)/C=C/C(=O)O. The van der Waals surface area contributed by atoms with Gasteiger partial charge in [0.1, 0.15) is 0 Å². The molecule has 0 rings (SSSR count). The number of hydrogen-bond donors (Lipinski definition) is 1. The summed E-state index contributed by atoms with van der Waals surface area (Å²) < 4.78 is 0. The number of ketones is 1. The molecule has 3 heteroatoms. The van der Waals surface area contributed by atoms with Crippen LogP contribution in [0.3, 0.4) is 0 Å². The molecule has 0 amide bonds. The molecule has 0 aliphatic heterocycles. The molecule has 0 aromatic rings. The molecule has 0 saturated carbocycles. The van der Waals surface area contributed by atoms with Crippen LogP contribution in [0.25, 0.3) is 0 Å². The molecule has 3 nitrogen and oxygen atoms in total. The van der Waals surface area contributed by atoms with E-state index in [2.05, 4.69) is 0 Å². The van der Waals surface area contributed by atoms with E-state index >= 15 is 0 Å². The molecule has 0 aliphatic rings. The Morgan fingerprint density at radius 2 is 2.00 bits per heavy atom. The summed E-state index contributed by atoms with van der Waals surface area (Å²) in [6.45, 7) is 1.87. The fraction of sp³-hybridized carbons (Fsp3) is 0.429. The summed E-state index contributed by atoms with van der Waals surface area (Å²) in [5, 5.41) is 8.09. The van der Waals surface area contributed by atoms with E-state index in [0.29, 0.717) is 6.42 Å². The second-order valence-electron chi connectivity index (χ2n) is 1.89. The second kappa shape index (κ2) is 4.73. The van der Waals surface area contributed by atoms with Crippen LogP contribution in [-0.4, -0.2) is 16.9 Å². The molecule has 10 heavy (non-hydrogen) atoms. The van der Waals surface area contributed by atoms with Gasteiger partial charge in [-0.2, -0.15) is 0 Å². The first-order valence-electron chi connectivity index (χ1n) is 3.10. The average Bonchev–Trinajstić information content (AvgIpc) is 1.85. The molecule has 0 atom stereocenters. The van der Waals surface area contributed by atoms with Crippen LogP contribution in [0.2, 0.25) is 0 Å². The fourth-order valence-electron chi connectivity index (χ4n) is 0.494. The smallest absolute Gasteiger partial charge is 0.328 e. The van der Waals surface area contributed by atoms with Crippen molar-refractivity contribution in [2.45, 2.75) is 19.8 Å². The van der Waals surface area contributed by atoms with Gasteiger partial charge in [-0.25, -0.2) is 4.79 Å². The highest BCUT2D eigenvalue weighted by Crippen LogP contribution is 1.89. The molecule has 0 fully saturated rings. The third kappa shape index (κ3) is 5.03. The Balaban J connectivity index is 3.67. The van der Waals surface area contributed by atoms with E-state index in [1.54, 1.807) is 0 Å². The highest BCUT2D eigenvalue weighted by molar-refractivity contribution is 5.95. The van der Waals surface area contributed by atoms with Crippen LogP contribution >= 0.6 is 0 Å². The molecule has 0 aromatic heterocycles. The lowest BCUT2D eigenvalue weighted by Gasteiger charge is -1.85. The maximum Gasteiger partial charge on any atom is 0.328 e. The molecule has 0 unspecified atom stereocenters. The summed E-state index contributed by atoms with van der Waals surface area (Å²) in [5.74, 6) is -1.21. The molecule has 56 valence electrons. The number of rotatable bonds is 4. The molecule has 0 aromatic carbocycles. The first-order chi connectivity index (χ1) is 4.66. The summed E-state index contributed by atoms with van der Waals surface area (Å²) in [7, 11) is 0. The van der Waals surface area contributed by atoms with Crippen molar-refractivity contribution in [2.24, 2.45) is 0 Å². The molecular weight excluding hydrogens is 132 g/mol. The first-order valence-corrected chi connectivity index (χ1v) is 3.10. The number of carbonyl (C=O) groups is 2. The molecule has 0 saturated heterocycles. The Morgan fingerprint density at radius 3 is 2.40 bits per heavy atom. The van der Waals surface area contributed by atoms with Gasteiger partial charge in [-0.05, 0) is 12.5 Å². The van der Waals surface area contributed by atoms with Gasteiger partial charge in [-0.3, -0.25) is 4.79 Å². The van der Waals surface area contributed by atoms with Crippen LogP contribution in [0.1, 0.15) is 19.8 Å². The molecule has 1 N–H and O–H groups in total. The predicted molar refractivity (Wildman–Crippen MR) is 36.7 cm³/mol. The van der Waals surface area contributed by atoms with Crippen molar-refractivity contribution in [3.8, 4) is 0 Å². The maximum atomic E-state index is 10.6. The van der Waals surface area contributed by atoms with Crippen LogP contribution < -0.4 is 0 Å². The van der Waals surface area contributed by atoms with Crippen molar-refractivity contribution >= 4 is 11.8 Å². The van der Waals surface area contributed by atoms with Crippen LogP contribution in [0, 0.1) is 0 Å². The lowest BCUT2D eigenvalue weighted by Crippen LogP contribution is -1.93. The van der Waals surface area contributed by atoms with Gasteiger partial charge < -0.3 is 5.11 Å². The van der Waals surface area contributed by atoms with E-state index in [4.69, 9.17) is 5.11 Å². The average molecular weight is 142 g/mol. The number of allylic oxidation sites excluding steroid dienone is 1. The van der Waals surface area contributed by atoms with Gasteiger partial charge >= 0.3 is 5.97 Å². The topological polar surface area (TPSA) is 54.4 Å². The minimum absolute atomic E-state index is 0.134. The van der Waals surface area contributed by atoms with Crippen LogP contribution in [0.5, 0.6) is 0 Å². The monoisotopic (exact) mass is 142 g/mol.